The molecule has 1 fully saturated rings. The molecule has 0 unspecified atom stereocenters. The zero-order valence-corrected chi connectivity index (χ0v) is 20.6. The van der Waals surface area contributed by atoms with Crippen LogP contribution in [-0.4, -0.2) is 57.8 Å². The molecule has 1 saturated heterocycles. The first kappa shape index (κ1) is 25.4. The molecule has 0 saturated carbocycles. The van der Waals surface area contributed by atoms with E-state index < -0.39 is 41.7 Å². The molecule has 4 atom stereocenters. The molecule has 3 aromatic rings. The topological polar surface area (TPSA) is 123 Å². The number of fused-ring (bicyclic) bond motifs is 1. The minimum atomic E-state index is -1.15. The Labute approximate surface area is 210 Å². The molecule has 2 heterocycles. The van der Waals surface area contributed by atoms with Crippen molar-refractivity contribution in [1.82, 2.24) is 9.55 Å². The second kappa shape index (κ2) is 10.9. The van der Waals surface area contributed by atoms with E-state index in [2.05, 4.69) is 4.98 Å². The van der Waals surface area contributed by atoms with Gasteiger partial charge in [0.05, 0.1) is 23.2 Å². The Morgan fingerprint density at radius 3 is 2.17 bits per heavy atom. The van der Waals surface area contributed by atoms with Crippen molar-refractivity contribution in [1.29, 1.82) is 0 Å². The van der Waals surface area contributed by atoms with Gasteiger partial charge in [-0.1, -0.05) is 42.1 Å². The maximum atomic E-state index is 13.5. The van der Waals surface area contributed by atoms with Gasteiger partial charge in [-0.25, -0.2) is 4.98 Å². The molecule has 36 heavy (non-hydrogen) atoms. The SMILES string of the molecule is CC(=O)O[C@@H]1[C@@H](OC(C)=O)[C@H](Sc2nc3ccccc3c(=O)n2-c2ccccc2)OC[C@H]1OC(C)=O. The second-order valence-electron chi connectivity index (χ2n) is 8.00. The molecule has 11 heteroatoms. The Bertz CT molecular complexity index is 1340. The van der Waals surface area contributed by atoms with Crippen molar-refractivity contribution >= 4 is 40.6 Å². The molecule has 1 aliphatic rings. The zero-order chi connectivity index (χ0) is 25.8. The average molecular weight is 513 g/mol. The largest absolute Gasteiger partial charge is 0.456 e. The molecule has 2 aromatic carbocycles. The van der Waals surface area contributed by atoms with Crippen LogP contribution in [0.25, 0.3) is 16.6 Å². The number of rotatable bonds is 6. The van der Waals surface area contributed by atoms with Crippen LogP contribution in [-0.2, 0) is 33.3 Å². The first-order valence-electron chi connectivity index (χ1n) is 11.1. The molecule has 4 rings (SSSR count). The Kier molecular flexibility index (Phi) is 7.70. The molecular weight excluding hydrogens is 488 g/mol. The van der Waals surface area contributed by atoms with E-state index >= 15 is 0 Å². The Morgan fingerprint density at radius 1 is 0.889 bits per heavy atom. The summed E-state index contributed by atoms with van der Waals surface area (Å²) in [7, 11) is 0. The monoisotopic (exact) mass is 512 g/mol. The fourth-order valence-corrected chi connectivity index (χ4v) is 5.05. The van der Waals surface area contributed by atoms with Crippen molar-refractivity contribution in [3.8, 4) is 5.69 Å². The Balaban J connectivity index is 1.79. The van der Waals surface area contributed by atoms with Crippen molar-refractivity contribution in [2.45, 2.75) is 49.7 Å². The number of ether oxygens (including phenoxy) is 4. The zero-order valence-electron chi connectivity index (χ0n) is 19.8. The van der Waals surface area contributed by atoms with Crippen LogP contribution in [0.4, 0.5) is 0 Å². The molecule has 188 valence electrons. The van der Waals surface area contributed by atoms with E-state index in [1.807, 2.05) is 6.07 Å². The van der Waals surface area contributed by atoms with Gasteiger partial charge in [-0.05, 0) is 24.3 Å². The summed E-state index contributed by atoms with van der Waals surface area (Å²) < 4.78 is 23.6. The fourth-order valence-electron chi connectivity index (χ4n) is 3.91. The molecule has 0 spiro atoms. The van der Waals surface area contributed by atoms with Gasteiger partial charge in [0.2, 0.25) is 0 Å². The number of thioether (sulfide) groups is 1. The number of hydrogen-bond acceptors (Lipinski definition) is 10. The first-order chi connectivity index (χ1) is 17.2. The van der Waals surface area contributed by atoms with Gasteiger partial charge in [0.15, 0.2) is 28.9 Å². The second-order valence-corrected chi connectivity index (χ2v) is 9.07. The van der Waals surface area contributed by atoms with E-state index in [1.54, 1.807) is 48.5 Å². The van der Waals surface area contributed by atoms with Crippen molar-refractivity contribution in [2.75, 3.05) is 6.61 Å². The number of carbonyl (C=O) groups excluding carboxylic acids is 3. The molecule has 0 radical (unpaired) electrons. The number of nitrogens with zero attached hydrogens (tertiary/aromatic N) is 2. The third-order valence-corrected chi connectivity index (χ3v) is 6.41. The molecule has 1 aromatic heterocycles. The molecule has 0 aliphatic carbocycles. The summed E-state index contributed by atoms with van der Waals surface area (Å²) in [4.78, 5) is 53.6. The van der Waals surface area contributed by atoms with E-state index in [0.29, 0.717) is 16.6 Å². The van der Waals surface area contributed by atoms with Crippen LogP contribution in [0.5, 0.6) is 0 Å². The van der Waals surface area contributed by atoms with Crippen LogP contribution < -0.4 is 5.56 Å². The van der Waals surface area contributed by atoms with Crippen molar-refractivity contribution in [3.05, 3.63) is 65.0 Å². The lowest BCUT2D eigenvalue weighted by atomic mass is 10.1. The number of aromatic nitrogens is 2. The first-order valence-corrected chi connectivity index (χ1v) is 12.0. The number of benzene rings is 2. The highest BCUT2D eigenvalue weighted by atomic mass is 32.2. The number of hydrogen-bond donors (Lipinski definition) is 0. The van der Waals surface area contributed by atoms with E-state index in [4.69, 9.17) is 18.9 Å². The normalized spacial score (nSPS) is 21.5. The maximum Gasteiger partial charge on any atom is 0.303 e. The average Bonchev–Trinajstić information content (AvgIpc) is 2.82. The van der Waals surface area contributed by atoms with Crippen LogP contribution in [0.1, 0.15) is 20.8 Å². The summed E-state index contributed by atoms with van der Waals surface area (Å²) in [5, 5.41) is 0.707. The molecular formula is C25H24N2O8S. The lowest BCUT2D eigenvalue weighted by Crippen LogP contribution is -2.56. The van der Waals surface area contributed by atoms with Crippen LogP contribution in [0.2, 0.25) is 0 Å². The fraction of sp³-hybridized carbons (Fsp3) is 0.320. The molecule has 10 nitrogen and oxygen atoms in total. The summed E-state index contributed by atoms with van der Waals surface area (Å²) in [5.41, 5.74) is -0.166. The van der Waals surface area contributed by atoms with E-state index in [-0.39, 0.29) is 17.3 Å². The van der Waals surface area contributed by atoms with Gasteiger partial charge >= 0.3 is 17.9 Å². The smallest absolute Gasteiger partial charge is 0.303 e. The van der Waals surface area contributed by atoms with E-state index in [1.165, 1.54) is 25.3 Å². The number of esters is 3. The minimum absolute atomic E-state index is 0.129. The highest BCUT2D eigenvalue weighted by molar-refractivity contribution is 7.99. The van der Waals surface area contributed by atoms with Crippen molar-refractivity contribution in [2.24, 2.45) is 0 Å². The van der Waals surface area contributed by atoms with Crippen LogP contribution in [0.15, 0.2) is 64.5 Å². The quantitative estimate of drug-likeness (QED) is 0.277. The third kappa shape index (κ3) is 5.58. The minimum Gasteiger partial charge on any atom is -0.456 e. The van der Waals surface area contributed by atoms with Gasteiger partial charge in [-0.15, -0.1) is 0 Å². The maximum absolute atomic E-state index is 13.5. The van der Waals surface area contributed by atoms with Crippen molar-refractivity contribution < 1.29 is 33.3 Å². The summed E-state index contributed by atoms with van der Waals surface area (Å²) in [6.07, 6.45) is -3.27. The lowest BCUT2D eigenvalue weighted by molar-refractivity contribution is -0.213. The standard InChI is InChI=1S/C25H24N2O8S/c1-14(28)33-20-13-32-24(22(35-16(3)30)21(20)34-15(2)29)36-25-26-19-12-8-7-11-18(19)23(31)27(25)17-9-5-4-6-10-17/h4-12,20-22,24H,13H2,1-3H3/t20-,21+,22-,24+/m1/s1. The van der Waals surface area contributed by atoms with Crippen LogP contribution in [0, 0.1) is 0 Å². The van der Waals surface area contributed by atoms with Gasteiger partial charge in [-0.2, -0.15) is 0 Å². The van der Waals surface area contributed by atoms with Gasteiger partial charge in [-0.3, -0.25) is 23.7 Å². The highest BCUT2D eigenvalue weighted by Crippen LogP contribution is 2.35. The van der Waals surface area contributed by atoms with Gasteiger partial charge in [0, 0.05) is 20.8 Å². The molecule has 0 bridgehead atoms. The molecule has 0 N–H and O–H groups in total. The summed E-state index contributed by atoms with van der Waals surface area (Å²) in [6, 6.07) is 15.9. The summed E-state index contributed by atoms with van der Waals surface area (Å²) >= 11 is 1.04. The number of carbonyl (C=O) groups is 3. The van der Waals surface area contributed by atoms with Crippen molar-refractivity contribution in [3.63, 3.8) is 0 Å². The Hall–Kier alpha value is -3.70. The Morgan fingerprint density at radius 2 is 1.50 bits per heavy atom. The number of para-hydroxylation sites is 2. The van der Waals surface area contributed by atoms with E-state index in [9.17, 15) is 19.2 Å². The third-order valence-electron chi connectivity index (χ3n) is 5.29. The van der Waals surface area contributed by atoms with Gasteiger partial charge < -0.3 is 18.9 Å². The van der Waals surface area contributed by atoms with Gasteiger partial charge in [0.25, 0.3) is 5.56 Å². The molecule has 1 aliphatic heterocycles. The lowest BCUT2D eigenvalue weighted by Gasteiger charge is -2.40. The summed E-state index contributed by atoms with van der Waals surface area (Å²) in [6.45, 7) is 3.49. The summed E-state index contributed by atoms with van der Waals surface area (Å²) in [5.74, 6) is -1.91. The molecule has 0 amide bonds. The predicted molar refractivity (Wildman–Crippen MR) is 130 cm³/mol. The van der Waals surface area contributed by atoms with Crippen LogP contribution >= 0.6 is 11.8 Å². The van der Waals surface area contributed by atoms with Crippen LogP contribution in [0.3, 0.4) is 0 Å². The predicted octanol–water partition coefficient (Wildman–Crippen LogP) is 2.63. The van der Waals surface area contributed by atoms with Gasteiger partial charge in [0.1, 0.15) is 0 Å². The highest BCUT2D eigenvalue weighted by Gasteiger charge is 2.47. The van der Waals surface area contributed by atoms with E-state index in [0.717, 1.165) is 11.8 Å².